The number of hydrogen-bond acceptors (Lipinski definition) is 3. The van der Waals surface area contributed by atoms with Gasteiger partial charge >= 0.3 is 0 Å². The van der Waals surface area contributed by atoms with E-state index in [0.29, 0.717) is 15.8 Å². The van der Waals surface area contributed by atoms with Crippen LogP contribution in [-0.4, -0.2) is 35.4 Å². The lowest BCUT2D eigenvalue weighted by molar-refractivity contribution is -0.142. The topological polar surface area (TPSA) is 58.6 Å². The first-order valence-electron chi connectivity index (χ1n) is 12.4. The van der Waals surface area contributed by atoms with E-state index >= 15 is 0 Å². The molecular formula is C28H35BrCl2N2O3. The molecule has 0 bridgehead atoms. The number of halogens is 3. The fraction of sp³-hybridized carbons (Fsp3) is 0.500. The number of nitrogens with zero attached hydrogens (tertiary/aromatic N) is 1. The summed E-state index contributed by atoms with van der Waals surface area (Å²) in [4.78, 5) is 28.1. The summed E-state index contributed by atoms with van der Waals surface area (Å²) in [6.07, 6.45) is 5.37. The molecule has 5 nitrogen and oxygen atoms in total. The maximum atomic E-state index is 13.4. The van der Waals surface area contributed by atoms with Crippen molar-refractivity contribution in [2.75, 3.05) is 6.61 Å². The number of ether oxygens (including phenoxy) is 1. The van der Waals surface area contributed by atoms with Gasteiger partial charge in [-0.05, 0) is 76.5 Å². The lowest BCUT2D eigenvalue weighted by atomic mass is 9.87. The van der Waals surface area contributed by atoms with Crippen LogP contribution < -0.4 is 10.1 Å². The van der Waals surface area contributed by atoms with Gasteiger partial charge in [0.2, 0.25) is 5.91 Å². The van der Waals surface area contributed by atoms with Crippen molar-refractivity contribution in [2.24, 2.45) is 0 Å². The van der Waals surface area contributed by atoms with Crippen molar-refractivity contribution in [2.45, 2.75) is 83.8 Å². The van der Waals surface area contributed by atoms with Gasteiger partial charge in [-0.25, -0.2) is 0 Å². The minimum absolute atomic E-state index is 0.00531. The lowest BCUT2D eigenvalue weighted by Gasteiger charge is -2.31. The summed E-state index contributed by atoms with van der Waals surface area (Å²) in [5, 5.41) is 3.98. The quantitative estimate of drug-likeness (QED) is 0.347. The largest absolute Gasteiger partial charge is 0.483 e. The first-order chi connectivity index (χ1) is 17.0. The van der Waals surface area contributed by atoms with Crippen molar-refractivity contribution < 1.29 is 14.3 Å². The Morgan fingerprint density at radius 3 is 2.39 bits per heavy atom. The van der Waals surface area contributed by atoms with Gasteiger partial charge in [-0.1, -0.05) is 75.4 Å². The number of benzene rings is 2. The van der Waals surface area contributed by atoms with E-state index in [1.807, 2.05) is 24.3 Å². The maximum Gasteiger partial charge on any atom is 0.261 e. The molecule has 0 aliphatic heterocycles. The van der Waals surface area contributed by atoms with Crippen LogP contribution in [0.5, 0.6) is 5.75 Å². The Morgan fingerprint density at radius 1 is 1.08 bits per heavy atom. The molecule has 0 radical (unpaired) electrons. The van der Waals surface area contributed by atoms with Gasteiger partial charge in [0.05, 0.1) is 14.5 Å². The third kappa shape index (κ3) is 7.87. The Labute approximate surface area is 233 Å². The van der Waals surface area contributed by atoms with Gasteiger partial charge in [0.1, 0.15) is 11.8 Å². The fourth-order valence-electron chi connectivity index (χ4n) is 4.29. The van der Waals surface area contributed by atoms with Crippen LogP contribution in [0.3, 0.4) is 0 Å². The van der Waals surface area contributed by atoms with Crippen molar-refractivity contribution in [1.29, 1.82) is 0 Å². The summed E-state index contributed by atoms with van der Waals surface area (Å²) in [6, 6.07) is 10.6. The molecule has 0 heterocycles. The fourth-order valence-corrected chi connectivity index (χ4v) is 5.11. The summed E-state index contributed by atoms with van der Waals surface area (Å²) in [7, 11) is 0. The molecule has 2 aromatic carbocycles. The zero-order valence-electron chi connectivity index (χ0n) is 21.4. The van der Waals surface area contributed by atoms with Gasteiger partial charge in [-0.2, -0.15) is 0 Å². The van der Waals surface area contributed by atoms with Gasteiger partial charge in [0, 0.05) is 12.6 Å². The summed E-state index contributed by atoms with van der Waals surface area (Å²) in [6.45, 7) is 8.18. The van der Waals surface area contributed by atoms with Crippen LogP contribution in [0.25, 0.3) is 0 Å². The molecule has 0 saturated heterocycles. The zero-order valence-corrected chi connectivity index (χ0v) is 24.5. The van der Waals surface area contributed by atoms with Gasteiger partial charge in [-0.15, -0.1) is 0 Å². The van der Waals surface area contributed by atoms with Crippen LogP contribution in [0.15, 0.2) is 40.9 Å². The summed E-state index contributed by atoms with van der Waals surface area (Å²) < 4.78 is 6.67. The van der Waals surface area contributed by atoms with E-state index in [2.05, 4.69) is 42.0 Å². The Morgan fingerprint density at radius 2 is 1.78 bits per heavy atom. The normalized spacial score (nSPS) is 15.3. The van der Waals surface area contributed by atoms with Crippen molar-refractivity contribution in [1.82, 2.24) is 10.2 Å². The highest BCUT2D eigenvalue weighted by molar-refractivity contribution is 9.10. The van der Waals surface area contributed by atoms with E-state index in [1.165, 1.54) is 11.3 Å². The second-order valence-corrected chi connectivity index (χ2v) is 12.1. The number of carbonyl (C=O) groups is 2. The van der Waals surface area contributed by atoms with Gasteiger partial charge in [0.15, 0.2) is 6.61 Å². The second-order valence-electron chi connectivity index (χ2n) is 10.5. The van der Waals surface area contributed by atoms with Gasteiger partial charge in [-0.3, -0.25) is 9.59 Å². The first kappa shape index (κ1) is 28.8. The second kappa shape index (κ2) is 12.7. The lowest BCUT2D eigenvalue weighted by Crippen LogP contribution is -2.51. The monoisotopic (exact) mass is 596 g/mol. The number of amides is 2. The molecule has 0 aromatic heterocycles. The third-order valence-corrected chi connectivity index (χ3v) is 7.96. The van der Waals surface area contributed by atoms with Crippen LogP contribution in [-0.2, 0) is 21.5 Å². The Hall–Kier alpha value is -1.76. The Balaban J connectivity index is 1.75. The molecule has 2 aromatic rings. The minimum Gasteiger partial charge on any atom is -0.483 e. The molecule has 8 heteroatoms. The van der Waals surface area contributed by atoms with E-state index in [4.69, 9.17) is 27.9 Å². The van der Waals surface area contributed by atoms with Crippen molar-refractivity contribution in [3.05, 3.63) is 62.0 Å². The number of rotatable bonds is 8. The number of nitrogens with one attached hydrogen (secondary N) is 1. The molecule has 1 fully saturated rings. The average molecular weight is 598 g/mol. The van der Waals surface area contributed by atoms with Gasteiger partial charge < -0.3 is 15.0 Å². The minimum atomic E-state index is -0.677. The molecule has 196 valence electrons. The van der Waals surface area contributed by atoms with E-state index in [9.17, 15) is 9.59 Å². The van der Waals surface area contributed by atoms with Crippen molar-refractivity contribution >= 4 is 50.9 Å². The van der Waals surface area contributed by atoms with Crippen LogP contribution in [0, 0.1) is 0 Å². The standard InChI is InChI=1S/C28H35BrCl2N2O3/c1-18(27(35)32-21-8-6-5-7-9-21)33(16-19-10-12-23(30)24(31)14-19)26(34)17-36-25-13-11-20(15-22(25)29)28(2,3)4/h10-15,18,21H,5-9,16-17H2,1-4H3,(H,32,35)/t18-/m1/s1. The predicted molar refractivity (Wildman–Crippen MR) is 150 cm³/mol. The van der Waals surface area contributed by atoms with Crippen molar-refractivity contribution in [3.63, 3.8) is 0 Å². The van der Waals surface area contributed by atoms with Gasteiger partial charge in [0.25, 0.3) is 5.91 Å². The first-order valence-corrected chi connectivity index (χ1v) is 14.0. The highest BCUT2D eigenvalue weighted by atomic mass is 79.9. The highest BCUT2D eigenvalue weighted by Crippen LogP contribution is 2.31. The third-order valence-electron chi connectivity index (χ3n) is 6.60. The Kier molecular flexibility index (Phi) is 10.1. The summed E-state index contributed by atoms with van der Waals surface area (Å²) in [5.74, 6) is 0.121. The molecule has 1 aliphatic rings. The Bertz CT molecular complexity index is 1080. The molecule has 36 heavy (non-hydrogen) atoms. The van der Waals surface area contributed by atoms with Crippen molar-refractivity contribution in [3.8, 4) is 5.75 Å². The van der Waals surface area contributed by atoms with E-state index in [-0.39, 0.29) is 36.4 Å². The van der Waals surface area contributed by atoms with Crippen LogP contribution in [0.2, 0.25) is 10.0 Å². The average Bonchev–Trinajstić information content (AvgIpc) is 2.83. The smallest absolute Gasteiger partial charge is 0.261 e. The molecule has 3 rings (SSSR count). The molecule has 1 atom stereocenters. The number of hydrogen-bond donors (Lipinski definition) is 1. The van der Waals surface area contributed by atoms with Crippen LogP contribution in [0.1, 0.15) is 70.9 Å². The number of carbonyl (C=O) groups excluding carboxylic acids is 2. The molecule has 1 N–H and O–H groups in total. The molecule has 1 aliphatic carbocycles. The van der Waals surface area contributed by atoms with E-state index < -0.39 is 6.04 Å². The SMILES string of the molecule is C[C@H](C(=O)NC1CCCCC1)N(Cc1ccc(Cl)c(Cl)c1)C(=O)COc1ccc(C(C)(C)C)cc1Br. The zero-order chi connectivity index (χ0) is 26.5. The predicted octanol–water partition coefficient (Wildman–Crippen LogP) is 7.30. The maximum absolute atomic E-state index is 13.4. The molecular weight excluding hydrogens is 563 g/mol. The molecule has 0 spiro atoms. The summed E-state index contributed by atoms with van der Waals surface area (Å²) >= 11 is 15.8. The molecule has 2 amide bonds. The molecule has 1 saturated carbocycles. The summed E-state index contributed by atoms with van der Waals surface area (Å²) in [5.41, 5.74) is 1.93. The highest BCUT2D eigenvalue weighted by Gasteiger charge is 2.29. The van der Waals surface area contributed by atoms with E-state index in [0.717, 1.165) is 41.3 Å². The van der Waals surface area contributed by atoms with E-state index in [1.54, 1.807) is 19.1 Å². The van der Waals surface area contributed by atoms with Crippen LogP contribution in [0.4, 0.5) is 0 Å². The molecule has 0 unspecified atom stereocenters. The van der Waals surface area contributed by atoms with Crippen LogP contribution >= 0.6 is 39.1 Å².